The first-order valence-electron chi connectivity index (χ1n) is 8.62. The van der Waals surface area contributed by atoms with E-state index in [2.05, 4.69) is 14.8 Å². The number of nitrogens with zero attached hydrogens (tertiary/aromatic N) is 4. The van der Waals surface area contributed by atoms with Crippen LogP contribution < -0.4 is 0 Å². The molecule has 2 fully saturated rings. The number of hydrogen-bond donors (Lipinski definition) is 0. The molecule has 1 amide bonds. The summed E-state index contributed by atoms with van der Waals surface area (Å²) in [6.45, 7) is 3.57. The van der Waals surface area contributed by atoms with Gasteiger partial charge in [0.15, 0.2) is 0 Å². The molecule has 4 heterocycles. The van der Waals surface area contributed by atoms with E-state index in [1.54, 1.807) is 0 Å². The summed E-state index contributed by atoms with van der Waals surface area (Å²) in [6, 6.07) is 0. The molecule has 3 aliphatic heterocycles. The van der Waals surface area contributed by atoms with Crippen molar-refractivity contribution < 1.29 is 9.53 Å². The van der Waals surface area contributed by atoms with Crippen molar-refractivity contribution in [3.8, 4) is 0 Å². The number of aryl methyl sites for hydroxylation is 1. The highest BCUT2D eigenvalue weighted by molar-refractivity contribution is 5.76. The highest BCUT2D eigenvalue weighted by Gasteiger charge is 2.30. The number of fused-ring (bicyclic) bond motifs is 1. The average molecular weight is 304 g/mol. The standard InChI is InChI=1S/C16H24N4O2/c21-15(11-13-3-2-10-22-13)19-8-5-12(6-9-19)16-18-17-14-4-1-7-20(14)16/h12-13H,1-11H2/t13-/m1/s1. The molecule has 2 saturated heterocycles. The van der Waals surface area contributed by atoms with Crippen LogP contribution in [0.3, 0.4) is 0 Å². The highest BCUT2D eigenvalue weighted by Crippen LogP contribution is 2.30. The fourth-order valence-electron chi connectivity index (χ4n) is 3.99. The minimum Gasteiger partial charge on any atom is -0.378 e. The quantitative estimate of drug-likeness (QED) is 0.849. The molecule has 6 nitrogen and oxygen atoms in total. The van der Waals surface area contributed by atoms with Crippen LogP contribution in [0.4, 0.5) is 0 Å². The van der Waals surface area contributed by atoms with Crippen molar-refractivity contribution in [2.24, 2.45) is 0 Å². The van der Waals surface area contributed by atoms with E-state index in [1.807, 2.05) is 4.90 Å². The number of aromatic nitrogens is 3. The molecular weight excluding hydrogens is 280 g/mol. The van der Waals surface area contributed by atoms with Gasteiger partial charge in [-0.15, -0.1) is 10.2 Å². The van der Waals surface area contributed by atoms with Crippen molar-refractivity contribution in [1.29, 1.82) is 0 Å². The SMILES string of the molecule is O=C(C[C@H]1CCCO1)N1CCC(c2nnc3n2CCC3)CC1. The Morgan fingerprint density at radius 3 is 2.77 bits per heavy atom. The lowest BCUT2D eigenvalue weighted by Gasteiger charge is -2.32. The van der Waals surface area contributed by atoms with E-state index in [0.29, 0.717) is 12.3 Å². The molecule has 1 atom stereocenters. The maximum atomic E-state index is 12.3. The molecule has 0 aromatic carbocycles. The molecule has 0 N–H and O–H groups in total. The van der Waals surface area contributed by atoms with Gasteiger partial charge in [0, 0.05) is 38.6 Å². The molecule has 1 aromatic heterocycles. The highest BCUT2D eigenvalue weighted by atomic mass is 16.5. The molecule has 6 heteroatoms. The molecular formula is C16H24N4O2. The molecule has 120 valence electrons. The van der Waals surface area contributed by atoms with Crippen LogP contribution in [0.2, 0.25) is 0 Å². The predicted octanol–water partition coefficient (Wildman–Crippen LogP) is 1.50. The first-order valence-corrected chi connectivity index (χ1v) is 8.62. The van der Waals surface area contributed by atoms with Gasteiger partial charge in [0.1, 0.15) is 11.6 Å². The second-order valence-corrected chi connectivity index (χ2v) is 6.72. The van der Waals surface area contributed by atoms with Crippen molar-refractivity contribution in [2.75, 3.05) is 19.7 Å². The predicted molar refractivity (Wildman–Crippen MR) is 80.5 cm³/mol. The molecule has 22 heavy (non-hydrogen) atoms. The summed E-state index contributed by atoms with van der Waals surface area (Å²) in [5, 5.41) is 8.71. The van der Waals surface area contributed by atoms with Crippen molar-refractivity contribution in [3.63, 3.8) is 0 Å². The number of hydrogen-bond acceptors (Lipinski definition) is 4. The van der Waals surface area contributed by atoms with E-state index in [0.717, 1.165) is 70.0 Å². The average Bonchev–Trinajstić information content (AvgIpc) is 3.25. The zero-order chi connectivity index (χ0) is 14.9. The lowest BCUT2D eigenvalue weighted by molar-refractivity contribution is -0.134. The summed E-state index contributed by atoms with van der Waals surface area (Å²) in [6.07, 6.45) is 7.12. The Kier molecular flexibility index (Phi) is 3.86. The number of carbonyl (C=O) groups excluding carboxylic acids is 1. The van der Waals surface area contributed by atoms with Crippen LogP contribution in [0, 0.1) is 0 Å². The second kappa shape index (κ2) is 5.99. The molecule has 0 unspecified atom stereocenters. The van der Waals surface area contributed by atoms with Gasteiger partial charge in [0.05, 0.1) is 12.5 Å². The van der Waals surface area contributed by atoms with Crippen LogP contribution in [0.5, 0.6) is 0 Å². The second-order valence-electron chi connectivity index (χ2n) is 6.72. The number of rotatable bonds is 3. The van der Waals surface area contributed by atoms with Crippen LogP contribution in [-0.2, 0) is 22.5 Å². The van der Waals surface area contributed by atoms with Crippen molar-refractivity contribution in [1.82, 2.24) is 19.7 Å². The number of piperidine rings is 1. The van der Waals surface area contributed by atoms with Crippen LogP contribution in [0.25, 0.3) is 0 Å². The third-order valence-electron chi connectivity index (χ3n) is 5.28. The third kappa shape index (κ3) is 2.64. The smallest absolute Gasteiger partial charge is 0.225 e. The molecule has 4 rings (SSSR count). The molecule has 0 aliphatic carbocycles. The van der Waals surface area contributed by atoms with Gasteiger partial charge in [0.2, 0.25) is 5.91 Å². The topological polar surface area (TPSA) is 60.2 Å². The van der Waals surface area contributed by atoms with Gasteiger partial charge in [-0.05, 0) is 32.1 Å². The normalized spacial score (nSPS) is 25.6. The number of ether oxygens (including phenoxy) is 1. The molecule has 0 saturated carbocycles. The minimum absolute atomic E-state index is 0.157. The summed E-state index contributed by atoms with van der Waals surface area (Å²) in [7, 11) is 0. The van der Waals surface area contributed by atoms with E-state index in [4.69, 9.17) is 4.74 Å². The van der Waals surface area contributed by atoms with Crippen molar-refractivity contribution in [3.05, 3.63) is 11.6 Å². The summed E-state index contributed by atoms with van der Waals surface area (Å²) in [5.41, 5.74) is 0. The van der Waals surface area contributed by atoms with Crippen molar-refractivity contribution >= 4 is 5.91 Å². The first kappa shape index (κ1) is 14.2. The zero-order valence-electron chi connectivity index (χ0n) is 13.0. The van der Waals surface area contributed by atoms with E-state index < -0.39 is 0 Å². The summed E-state index contributed by atoms with van der Waals surface area (Å²) in [4.78, 5) is 14.4. The van der Waals surface area contributed by atoms with Gasteiger partial charge < -0.3 is 14.2 Å². The number of amides is 1. The summed E-state index contributed by atoms with van der Waals surface area (Å²) < 4.78 is 7.88. The Hall–Kier alpha value is -1.43. The summed E-state index contributed by atoms with van der Waals surface area (Å²) >= 11 is 0. The summed E-state index contributed by atoms with van der Waals surface area (Å²) in [5.74, 6) is 3.02. The van der Waals surface area contributed by atoms with E-state index >= 15 is 0 Å². The van der Waals surface area contributed by atoms with Crippen LogP contribution in [-0.4, -0.2) is 51.4 Å². The van der Waals surface area contributed by atoms with Crippen molar-refractivity contribution in [2.45, 2.75) is 63.5 Å². The molecule has 1 aromatic rings. The van der Waals surface area contributed by atoms with Gasteiger partial charge in [-0.25, -0.2) is 0 Å². The van der Waals surface area contributed by atoms with Crippen LogP contribution in [0.15, 0.2) is 0 Å². The Morgan fingerprint density at radius 1 is 1.14 bits per heavy atom. The maximum Gasteiger partial charge on any atom is 0.225 e. The van der Waals surface area contributed by atoms with E-state index in [1.165, 1.54) is 6.42 Å². The third-order valence-corrected chi connectivity index (χ3v) is 5.28. The van der Waals surface area contributed by atoms with Crippen LogP contribution in [0.1, 0.15) is 56.1 Å². The Balaban J connectivity index is 1.33. The number of likely N-dealkylation sites (tertiary alicyclic amines) is 1. The molecule has 0 bridgehead atoms. The van der Waals surface area contributed by atoms with Crippen LogP contribution >= 0.6 is 0 Å². The fourth-order valence-corrected chi connectivity index (χ4v) is 3.99. The lowest BCUT2D eigenvalue weighted by atomic mass is 9.95. The minimum atomic E-state index is 0.157. The van der Waals surface area contributed by atoms with Gasteiger partial charge >= 0.3 is 0 Å². The van der Waals surface area contributed by atoms with Gasteiger partial charge in [-0.3, -0.25) is 4.79 Å². The fraction of sp³-hybridized carbons (Fsp3) is 0.812. The zero-order valence-corrected chi connectivity index (χ0v) is 13.0. The lowest BCUT2D eigenvalue weighted by Crippen LogP contribution is -2.39. The molecule has 3 aliphatic rings. The van der Waals surface area contributed by atoms with Gasteiger partial charge in [-0.1, -0.05) is 0 Å². The maximum absolute atomic E-state index is 12.3. The Labute approximate surface area is 130 Å². The Morgan fingerprint density at radius 2 is 2.00 bits per heavy atom. The molecule has 0 radical (unpaired) electrons. The molecule has 0 spiro atoms. The van der Waals surface area contributed by atoms with E-state index in [-0.39, 0.29) is 12.0 Å². The van der Waals surface area contributed by atoms with E-state index in [9.17, 15) is 4.79 Å². The Bertz CT molecular complexity index is 542. The van der Waals surface area contributed by atoms with Gasteiger partial charge in [0.25, 0.3) is 0 Å². The van der Waals surface area contributed by atoms with Gasteiger partial charge in [-0.2, -0.15) is 0 Å². The monoisotopic (exact) mass is 304 g/mol. The largest absolute Gasteiger partial charge is 0.378 e. The number of carbonyl (C=O) groups is 1. The first-order chi connectivity index (χ1) is 10.8.